The lowest BCUT2D eigenvalue weighted by Gasteiger charge is -2.20. The number of phosphoric acid groups is 1. The number of para-hydroxylation sites is 3. The van der Waals surface area contributed by atoms with Gasteiger partial charge in [0, 0.05) is 5.56 Å². The highest BCUT2D eigenvalue weighted by Crippen LogP contribution is 2.50. The molecule has 4 nitrogen and oxygen atoms in total. The predicted molar refractivity (Wildman–Crippen MR) is 108 cm³/mol. The van der Waals surface area contributed by atoms with Crippen LogP contribution in [-0.4, -0.2) is 0 Å². The van der Waals surface area contributed by atoms with Crippen LogP contribution in [0.1, 0.15) is 19.4 Å². The first-order chi connectivity index (χ1) is 13.0. The lowest BCUT2D eigenvalue weighted by Crippen LogP contribution is -2.08. The molecule has 0 aromatic heterocycles. The molecule has 0 spiro atoms. The molecule has 3 rings (SSSR count). The summed E-state index contributed by atoms with van der Waals surface area (Å²) in [4.78, 5) is 0. The van der Waals surface area contributed by atoms with Gasteiger partial charge in [-0.25, -0.2) is 0 Å². The van der Waals surface area contributed by atoms with Crippen LogP contribution in [0.5, 0.6) is 17.2 Å². The van der Waals surface area contributed by atoms with Crippen molar-refractivity contribution < 1.29 is 18.1 Å². The van der Waals surface area contributed by atoms with Gasteiger partial charge >= 0.3 is 7.82 Å². The fourth-order valence-corrected chi connectivity index (χ4v) is 3.67. The molecule has 3 aromatic rings. The minimum atomic E-state index is -3.98. The summed E-state index contributed by atoms with van der Waals surface area (Å²) in [5.74, 6) is 1.22. The van der Waals surface area contributed by atoms with E-state index in [1.165, 1.54) is 0 Å². The van der Waals surface area contributed by atoms with E-state index >= 15 is 0 Å². The third kappa shape index (κ3) is 5.50. The molecule has 138 valence electrons. The van der Waals surface area contributed by atoms with E-state index in [1.807, 2.05) is 50.3 Å². The second kappa shape index (κ2) is 8.61. The molecule has 0 N–H and O–H groups in total. The molecular weight excluding hydrogens is 359 g/mol. The van der Waals surface area contributed by atoms with Gasteiger partial charge in [-0.1, -0.05) is 66.2 Å². The Balaban J connectivity index is 1.95. The van der Waals surface area contributed by atoms with Gasteiger partial charge in [0.1, 0.15) is 17.2 Å². The van der Waals surface area contributed by atoms with Crippen LogP contribution in [0.2, 0.25) is 0 Å². The molecule has 0 aliphatic rings. The number of rotatable bonds is 7. The van der Waals surface area contributed by atoms with Gasteiger partial charge in [0.25, 0.3) is 0 Å². The standard InChI is InChI=1S/C22H21O4P/c1-18(2)17-19-11-9-10-16-22(19)26-27(23,24-20-12-5-3-6-13-20)25-21-14-7-4-8-15-21/h3-17H,1-2H3. The molecule has 0 amide bonds. The maximum absolute atomic E-state index is 13.5. The summed E-state index contributed by atoms with van der Waals surface area (Å²) >= 11 is 0. The Kier molecular flexibility index (Phi) is 6.00. The highest BCUT2D eigenvalue weighted by Gasteiger charge is 2.33. The van der Waals surface area contributed by atoms with Gasteiger partial charge < -0.3 is 13.6 Å². The van der Waals surface area contributed by atoms with Gasteiger partial charge in [-0.3, -0.25) is 0 Å². The van der Waals surface area contributed by atoms with Crippen LogP contribution in [0.25, 0.3) is 6.08 Å². The number of allylic oxidation sites excluding steroid dienone is 1. The molecule has 0 atom stereocenters. The molecule has 0 saturated carbocycles. The van der Waals surface area contributed by atoms with Gasteiger partial charge in [-0.2, -0.15) is 4.57 Å². The third-order valence-electron chi connectivity index (χ3n) is 3.49. The van der Waals surface area contributed by atoms with Crippen molar-refractivity contribution >= 4 is 13.9 Å². The lowest BCUT2D eigenvalue weighted by atomic mass is 10.1. The molecular formula is C22H21O4P. The normalized spacial score (nSPS) is 10.7. The molecule has 0 heterocycles. The van der Waals surface area contributed by atoms with E-state index in [0.717, 1.165) is 11.1 Å². The van der Waals surface area contributed by atoms with E-state index in [1.54, 1.807) is 54.6 Å². The van der Waals surface area contributed by atoms with Gasteiger partial charge in [0.05, 0.1) is 0 Å². The second-order valence-electron chi connectivity index (χ2n) is 6.11. The Morgan fingerprint density at radius 1 is 0.704 bits per heavy atom. The first kappa shape index (κ1) is 18.8. The Hall–Kier alpha value is -2.97. The molecule has 0 aliphatic heterocycles. The van der Waals surface area contributed by atoms with Crippen LogP contribution in [0, 0.1) is 0 Å². The van der Waals surface area contributed by atoms with Crippen LogP contribution in [0.15, 0.2) is 90.5 Å². The van der Waals surface area contributed by atoms with Crippen LogP contribution in [-0.2, 0) is 4.57 Å². The number of phosphoric ester groups is 1. The molecule has 5 heteroatoms. The van der Waals surface area contributed by atoms with Crippen LogP contribution in [0.4, 0.5) is 0 Å². The summed E-state index contributed by atoms with van der Waals surface area (Å²) in [6.07, 6.45) is 1.95. The molecule has 0 unspecified atom stereocenters. The number of benzene rings is 3. The van der Waals surface area contributed by atoms with Crippen molar-refractivity contribution in [3.8, 4) is 17.2 Å². The highest BCUT2D eigenvalue weighted by molar-refractivity contribution is 7.49. The average molecular weight is 380 g/mol. The average Bonchev–Trinajstić information content (AvgIpc) is 2.64. The molecule has 0 aliphatic carbocycles. The van der Waals surface area contributed by atoms with Crippen molar-refractivity contribution in [1.29, 1.82) is 0 Å². The summed E-state index contributed by atoms with van der Waals surface area (Å²) in [6, 6.07) is 25.0. The molecule has 0 radical (unpaired) electrons. The van der Waals surface area contributed by atoms with Crippen molar-refractivity contribution in [1.82, 2.24) is 0 Å². The SMILES string of the molecule is CC(C)=Cc1ccccc1OP(=O)(Oc1ccccc1)Oc1ccccc1. The zero-order valence-corrected chi connectivity index (χ0v) is 16.1. The van der Waals surface area contributed by atoms with Crippen molar-refractivity contribution in [2.24, 2.45) is 0 Å². The molecule has 0 fully saturated rings. The van der Waals surface area contributed by atoms with E-state index in [4.69, 9.17) is 13.6 Å². The summed E-state index contributed by atoms with van der Waals surface area (Å²) in [7, 11) is -3.98. The van der Waals surface area contributed by atoms with E-state index in [2.05, 4.69) is 0 Å². The summed E-state index contributed by atoms with van der Waals surface area (Å²) in [6.45, 7) is 3.97. The van der Waals surface area contributed by atoms with Crippen molar-refractivity contribution in [2.75, 3.05) is 0 Å². The fraction of sp³-hybridized carbons (Fsp3) is 0.0909. The minimum absolute atomic E-state index is 0.399. The fourth-order valence-electron chi connectivity index (χ4n) is 2.39. The molecule has 27 heavy (non-hydrogen) atoms. The molecule has 0 bridgehead atoms. The Morgan fingerprint density at radius 2 is 1.19 bits per heavy atom. The van der Waals surface area contributed by atoms with Gasteiger partial charge in [-0.05, 0) is 44.2 Å². The summed E-state index contributed by atoms with van der Waals surface area (Å²) in [5, 5.41) is 0. The second-order valence-corrected chi connectivity index (χ2v) is 7.55. The monoisotopic (exact) mass is 380 g/mol. The smallest absolute Gasteiger partial charge is 0.386 e. The van der Waals surface area contributed by atoms with E-state index in [9.17, 15) is 4.57 Å². The first-order valence-electron chi connectivity index (χ1n) is 8.57. The van der Waals surface area contributed by atoms with E-state index < -0.39 is 7.82 Å². The third-order valence-corrected chi connectivity index (χ3v) is 4.78. The summed E-state index contributed by atoms with van der Waals surface area (Å²) < 4.78 is 30.6. The van der Waals surface area contributed by atoms with E-state index in [-0.39, 0.29) is 0 Å². The first-order valence-corrected chi connectivity index (χ1v) is 10.0. The minimum Gasteiger partial charge on any atom is -0.386 e. The topological polar surface area (TPSA) is 44.8 Å². The van der Waals surface area contributed by atoms with Crippen LogP contribution < -0.4 is 13.6 Å². The largest absolute Gasteiger partial charge is 0.647 e. The van der Waals surface area contributed by atoms with Gasteiger partial charge in [0.15, 0.2) is 0 Å². The van der Waals surface area contributed by atoms with E-state index in [0.29, 0.717) is 17.2 Å². The quantitative estimate of drug-likeness (QED) is 0.425. The Labute approximate surface area is 159 Å². The predicted octanol–water partition coefficient (Wildman–Crippen LogP) is 6.75. The van der Waals surface area contributed by atoms with Crippen molar-refractivity contribution in [3.05, 3.63) is 96.1 Å². The summed E-state index contributed by atoms with van der Waals surface area (Å²) in [5.41, 5.74) is 1.89. The maximum atomic E-state index is 13.5. The zero-order chi connectivity index (χ0) is 19.1. The number of hydrogen-bond donors (Lipinski definition) is 0. The van der Waals surface area contributed by atoms with Crippen molar-refractivity contribution in [3.63, 3.8) is 0 Å². The Bertz CT molecular complexity index is 903. The molecule has 3 aromatic carbocycles. The molecule has 0 saturated heterocycles. The maximum Gasteiger partial charge on any atom is 0.647 e. The van der Waals surface area contributed by atoms with Gasteiger partial charge in [0.2, 0.25) is 0 Å². The Morgan fingerprint density at radius 3 is 1.70 bits per heavy atom. The highest BCUT2D eigenvalue weighted by atomic mass is 31.2. The number of hydrogen-bond acceptors (Lipinski definition) is 4. The lowest BCUT2D eigenvalue weighted by molar-refractivity contribution is 0.298. The van der Waals surface area contributed by atoms with Crippen molar-refractivity contribution in [2.45, 2.75) is 13.8 Å². The van der Waals surface area contributed by atoms with Crippen LogP contribution in [0.3, 0.4) is 0 Å². The zero-order valence-electron chi connectivity index (χ0n) is 15.2. The van der Waals surface area contributed by atoms with Crippen LogP contribution >= 0.6 is 7.82 Å². The van der Waals surface area contributed by atoms with Gasteiger partial charge in [-0.15, -0.1) is 0 Å².